The molecule has 3 amide bonds. The Balaban J connectivity index is 1.77. The van der Waals surface area contributed by atoms with E-state index in [1.807, 2.05) is 0 Å². The minimum Gasteiger partial charge on any atom is -0.368 e. The molecule has 1 atom stereocenters. The van der Waals surface area contributed by atoms with E-state index in [2.05, 4.69) is 27.6 Å². The van der Waals surface area contributed by atoms with Crippen LogP contribution in [0.1, 0.15) is 26.2 Å². The lowest BCUT2D eigenvalue weighted by atomic mass is 10.2. The van der Waals surface area contributed by atoms with Crippen molar-refractivity contribution >= 4 is 17.6 Å². The molecule has 0 spiro atoms. The number of nitrogens with two attached hydrogens (primary N) is 1. The van der Waals surface area contributed by atoms with Gasteiger partial charge in [-0.25, -0.2) is 4.79 Å². The van der Waals surface area contributed by atoms with Crippen LogP contribution in [-0.2, 0) is 11.3 Å². The van der Waals surface area contributed by atoms with Crippen LogP contribution in [0.2, 0.25) is 0 Å². The van der Waals surface area contributed by atoms with Crippen molar-refractivity contribution in [3.05, 3.63) is 12.4 Å². The molecular weight excluding hydrogens is 284 g/mol. The molecule has 2 heterocycles. The first-order valence-electron chi connectivity index (χ1n) is 7.68. The molecule has 8 nitrogen and oxygen atoms in total. The van der Waals surface area contributed by atoms with Crippen LogP contribution in [0.5, 0.6) is 0 Å². The van der Waals surface area contributed by atoms with Gasteiger partial charge in [0.25, 0.3) is 0 Å². The molecule has 1 saturated heterocycles. The molecule has 0 aliphatic carbocycles. The van der Waals surface area contributed by atoms with Crippen molar-refractivity contribution in [2.45, 2.75) is 38.8 Å². The molecule has 1 aromatic rings. The maximum Gasteiger partial charge on any atom is 0.319 e. The van der Waals surface area contributed by atoms with E-state index in [9.17, 15) is 9.59 Å². The summed E-state index contributed by atoms with van der Waals surface area (Å²) in [7, 11) is 0. The summed E-state index contributed by atoms with van der Waals surface area (Å²) >= 11 is 0. The normalized spacial score (nSPS) is 16.4. The Kier molecular flexibility index (Phi) is 5.76. The van der Waals surface area contributed by atoms with Crippen molar-refractivity contribution in [1.29, 1.82) is 0 Å². The van der Waals surface area contributed by atoms with Gasteiger partial charge in [0.1, 0.15) is 6.54 Å². The Morgan fingerprint density at radius 2 is 2.14 bits per heavy atom. The first-order chi connectivity index (χ1) is 10.6. The Hall–Kier alpha value is -2.09. The number of carbonyl (C=O) groups excluding carboxylic acids is 2. The second kappa shape index (κ2) is 7.79. The van der Waals surface area contributed by atoms with Crippen LogP contribution >= 0.6 is 0 Å². The summed E-state index contributed by atoms with van der Waals surface area (Å²) in [6, 6.07) is 0.113. The van der Waals surface area contributed by atoms with Gasteiger partial charge in [-0.2, -0.15) is 5.10 Å². The third-order valence-corrected chi connectivity index (χ3v) is 3.84. The SMILES string of the molecule is CC[C@H](CNC(=O)Nc1cnn(CC(N)=O)c1)N1CCCC1. The van der Waals surface area contributed by atoms with Gasteiger partial charge >= 0.3 is 6.03 Å². The number of urea groups is 1. The van der Waals surface area contributed by atoms with Crippen molar-refractivity contribution in [2.24, 2.45) is 5.73 Å². The summed E-state index contributed by atoms with van der Waals surface area (Å²) in [4.78, 5) is 25.1. The number of primary amides is 1. The molecule has 0 unspecified atom stereocenters. The number of nitrogens with zero attached hydrogens (tertiary/aromatic N) is 3. The molecule has 0 bridgehead atoms. The van der Waals surface area contributed by atoms with Crippen molar-refractivity contribution in [3.8, 4) is 0 Å². The van der Waals surface area contributed by atoms with E-state index in [-0.39, 0.29) is 12.6 Å². The number of aromatic nitrogens is 2. The molecule has 8 heteroatoms. The van der Waals surface area contributed by atoms with Crippen LogP contribution in [0.15, 0.2) is 12.4 Å². The minimum atomic E-state index is -0.476. The second-order valence-corrected chi connectivity index (χ2v) is 5.53. The van der Waals surface area contributed by atoms with Crippen LogP contribution in [-0.4, -0.2) is 52.3 Å². The van der Waals surface area contributed by atoms with Gasteiger partial charge < -0.3 is 16.4 Å². The quantitative estimate of drug-likeness (QED) is 0.676. The number of carbonyl (C=O) groups is 2. The fourth-order valence-corrected chi connectivity index (χ4v) is 2.70. The number of likely N-dealkylation sites (tertiary alicyclic amines) is 1. The summed E-state index contributed by atoms with van der Waals surface area (Å²) in [5, 5.41) is 9.54. The van der Waals surface area contributed by atoms with Gasteiger partial charge in [0.05, 0.1) is 11.9 Å². The molecule has 1 aromatic heterocycles. The Bertz CT molecular complexity index is 509. The van der Waals surface area contributed by atoms with E-state index in [1.165, 1.54) is 23.7 Å². The monoisotopic (exact) mass is 308 g/mol. The summed E-state index contributed by atoms with van der Waals surface area (Å²) in [6.45, 7) is 4.98. The summed E-state index contributed by atoms with van der Waals surface area (Å²) in [5.74, 6) is -0.476. The predicted molar refractivity (Wildman–Crippen MR) is 83.3 cm³/mol. The fraction of sp³-hybridized carbons (Fsp3) is 0.643. The van der Waals surface area contributed by atoms with Gasteiger partial charge in [-0.1, -0.05) is 6.92 Å². The molecule has 4 N–H and O–H groups in total. The van der Waals surface area contributed by atoms with Gasteiger partial charge in [0.15, 0.2) is 0 Å². The summed E-state index contributed by atoms with van der Waals surface area (Å²) in [6.07, 6.45) is 6.54. The van der Waals surface area contributed by atoms with E-state index < -0.39 is 5.91 Å². The van der Waals surface area contributed by atoms with Crippen molar-refractivity contribution in [1.82, 2.24) is 20.0 Å². The van der Waals surface area contributed by atoms with E-state index >= 15 is 0 Å². The Morgan fingerprint density at radius 1 is 1.41 bits per heavy atom. The number of anilines is 1. The van der Waals surface area contributed by atoms with Gasteiger partial charge in [-0.3, -0.25) is 14.4 Å². The summed E-state index contributed by atoms with van der Waals surface area (Å²) < 4.78 is 1.39. The molecule has 122 valence electrons. The number of nitrogens with one attached hydrogen (secondary N) is 2. The maximum atomic E-state index is 11.9. The third kappa shape index (κ3) is 4.73. The van der Waals surface area contributed by atoms with E-state index in [0.717, 1.165) is 19.5 Å². The molecule has 0 aromatic carbocycles. The first-order valence-corrected chi connectivity index (χ1v) is 7.68. The molecule has 2 rings (SSSR count). The zero-order chi connectivity index (χ0) is 15.9. The lowest BCUT2D eigenvalue weighted by Gasteiger charge is -2.26. The largest absolute Gasteiger partial charge is 0.368 e. The minimum absolute atomic E-state index is 0.00380. The van der Waals surface area contributed by atoms with Crippen LogP contribution < -0.4 is 16.4 Å². The Labute approximate surface area is 130 Å². The van der Waals surface area contributed by atoms with Crippen LogP contribution in [0.25, 0.3) is 0 Å². The van der Waals surface area contributed by atoms with Gasteiger partial charge in [0.2, 0.25) is 5.91 Å². The molecule has 22 heavy (non-hydrogen) atoms. The van der Waals surface area contributed by atoms with Crippen molar-refractivity contribution < 1.29 is 9.59 Å². The highest BCUT2D eigenvalue weighted by Crippen LogP contribution is 2.13. The lowest BCUT2D eigenvalue weighted by molar-refractivity contribution is -0.118. The zero-order valence-electron chi connectivity index (χ0n) is 12.9. The molecule has 0 radical (unpaired) electrons. The standard InChI is InChI=1S/C14H24N6O2/c1-2-12(19-5-3-4-6-19)8-16-14(22)18-11-7-17-20(9-11)10-13(15)21/h7,9,12H,2-6,8,10H2,1H3,(H2,15,21)(H2,16,18,22)/t12-/m1/s1. The number of hydrogen-bond acceptors (Lipinski definition) is 4. The smallest absolute Gasteiger partial charge is 0.319 e. The highest BCUT2D eigenvalue weighted by molar-refractivity contribution is 5.88. The second-order valence-electron chi connectivity index (χ2n) is 5.53. The van der Waals surface area contributed by atoms with Crippen LogP contribution in [0, 0.1) is 0 Å². The van der Waals surface area contributed by atoms with E-state index in [4.69, 9.17) is 5.73 Å². The number of amides is 3. The lowest BCUT2D eigenvalue weighted by Crippen LogP contribution is -2.43. The van der Waals surface area contributed by atoms with Crippen molar-refractivity contribution in [3.63, 3.8) is 0 Å². The van der Waals surface area contributed by atoms with Crippen LogP contribution in [0.3, 0.4) is 0 Å². The Morgan fingerprint density at radius 3 is 2.77 bits per heavy atom. The molecule has 1 aliphatic rings. The predicted octanol–water partition coefficient (Wildman–Crippen LogP) is 0.364. The van der Waals surface area contributed by atoms with E-state index in [1.54, 1.807) is 6.20 Å². The van der Waals surface area contributed by atoms with Gasteiger partial charge in [-0.15, -0.1) is 0 Å². The number of rotatable bonds is 7. The highest BCUT2D eigenvalue weighted by Gasteiger charge is 2.20. The molecule has 1 aliphatic heterocycles. The molecule has 1 fully saturated rings. The average molecular weight is 308 g/mol. The van der Waals surface area contributed by atoms with Gasteiger partial charge in [0, 0.05) is 18.8 Å². The maximum absolute atomic E-state index is 11.9. The highest BCUT2D eigenvalue weighted by atomic mass is 16.2. The van der Waals surface area contributed by atoms with Gasteiger partial charge in [-0.05, 0) is 32.4 Å². The fourth-order valence-electron chi connectivity index (χ4n) is 2.70. The van der Waals surface area contributed by atoms with Crippen LogP contribution in [0.4, 0.5) is 10.5 Å². The van der Waals surface area contributed by atoms with Crippen molar-refractivity contribution in [2.75, 3.05) is 25.0 Å². The summed E-state index contributed by atoms with van der Waals surface area (Å²) in [5.41, 5.74) is 5.62. The molecular formula is C14H24N6O2. The number of hydrogen-bond donors (Lipinski definition) is 3. The van der Waals surface area contributed by atoms with E-state index in [0.29, 0.717) is 18.3 Å². The zero-order valence-corrected chi connectivity index (χ0v) is 12.9. The third-order valence-electron chi connectivity index (χ3n) is 3.84. The first kappa shape index (κ1) is 16.3. The molecule has 0 saturated carbocycles. The topological polar surface area (TPSA) is 105 Å². The average Bonchev–Trinajstić information content (AvgIpc) is 3.11.